The third-order valence-electron chi connectivity index (χ3n) is 6.38. The van der Waals surface area contributed by atoms with Crippen molar-refractivity contribution in [2.75, 3.05) is 29.0 Å². The van der Waals surface area contributed by atoms with Crippen LogP contribution in [0.2, 0.25) is 0 Å². The summed E-state index contributed by atoms with van der Waals surface area (Å²) in [5.74, 6) is -0.298. The van der Waals surface area contributed by atoms with E-state index >= 15 is 0 Å². The lowest BCUT2D eigenvalue weighted by Crippen LogP contribution is -2.46. The molecule has 0 atom stereocenters. The quantitative estimate of drug-likeness (QED) is 0.0925. The molecule has 2 aromatic carbocycles. The number of aryl methyl sites for hydroxylation is 1. The van der Waals surface area contributed by atoms with Crippen LogP contribution in [0, 0.1) is 5.41 Å². The number of carbonyl (C=O) groups excluding carboxylic acids is 4. The molecule has 0 bridgehead atoms. The zero-order chi connectivity index (χ0) is 29.6. The Kier molecular flexibility index (Phi) is 9.17. The van der Waals surface area contributed by atoms with E-state index in [0.717, 1.165) is 5.56 Å². The van der Waals surface area contributed by atoms with Crippen LogP contribution in [0.3, 0.4) is 0 Å². The van der Waals surface area contributed by atoms with Crippen LogP contribution in [0.4, 0.5) is 23.1 Å². The van der Waals surface area contributed by atoms with E-state index in [1.807, 2.05) is 6.07 Å². The van der Waals surface area contributed by atoms with Crippen LogP contribution in [0.5, 0.6) is 5.75 Å². The Morgan fingerprint density at radius 3 is 2.63 bits per heavy atom. The first-order chi connectivity index (χ1) is 19.5. The van der Waals surface area contributed by atoms with Gasteiger partial charge in [0.15, 0.2) is 0 Å². The number of amides is 3. The Bertz CT molecular complexity index is 1490. The van der Waals surface area contributed by atoms with Crippen molar-refractivity contribution in [2.45, 2.75) is 33.1 Å². The van der Waals surface area contributed by atoms with Crippen LogP contribution in [0.25, 0.3) is 0 Å². The van der Waals surface area contributed by atoms with Gasteiger partial charge in [-0.25, -0.2) is 4.98 Å². The second-order valence-corrected chi connectivity index (χ2v) is 10.7. The fourth-order valence-corrected chi connectivity index (χ4v) is 4.15. The summed E-state index contributed by atoms with van der Waals surface area (Å²) in [4.78, 5) is 56.7. The van der Waals surface area contributed by atoms with Crippen LogP contribution in [0.1, 0.15) is 42.6 Å². The predicted octanol–water partition coefficient (Wildman–Crippen LogP) is 3.52. The topological polar surface area (TPSA) is 177 Å². The Balaban J connectivity index is 1.32. The number of hydrogen-bond donors (Lipinski definition) is 5. The number of nitrogens with two attached hydrogens (primary N) is 1. The van der Waals surface area contributed by atoms with Gasteiger partial charge in [-0.3, -0.25) is 19.2 Å². The SMILES string of the molecule is CC(C)(C(N)=O)C(=O)NCCCNc1nc(Nc2cccc(NC(=O)c3ccc4c(c3)CCC(=O)O4)c2)ncc1Br. The normalized spacial score (nSPS) is 12.5. The van der Waals surface area contributed by atoms with Crippen molar-refractivity contribution >= 4 is 62.8 Å². The fraction of sp³-hybridized carbons (Fsp3) is 0.286. The summed E-state index contributed by atoms with van der Waals surface area (Å²) in [7, 11) is 0. The van der Waals surface area contributed by atoms with Crippen LogP contribution in [-0.4, -0.2) is 46.7 Å². The number of primary amides is 1. The Labute approximate surface area is 245 Å². The molecule has 0 spiro atoms. The zero-order valence-corrected chi connectivity index (χ0v) is 24.1. The lowest BCUT2D eigenvalue weighted by atomic mass is 9.91. The van der Waals surface area contributed by atoms with Gasteiger partial charge in [-0.2, -0.15) is 4.98 Å². The van der Waals surface area contributed by atoms with Crippen molar-refractivity contribution < 1.29 is 23.9 Å². The maximum Gasteiger partial charge on any atom is 0.311 e. The molecule has 1 aliphatic rings. The number of hydrogen-bond acceptors (Lipinski definition) is 9. The second kappa shape index (κ2) is 12.8. The lowest BCUT2D eigenvalue weighted by Gasteiger charge is -2.19. The average molecular weight is 624 g/mol. The van der Waals surface area contributed by atoms with Gasteiger partial charge >= 0.3 is 5.97 Å². The van der Waals surface area contributed by atoms with Crippen LogP contribution in [-0.2, 0) is 20.8 Å². The molecule has 0 unspecified atom stereocenters. The fourth-order valence-electron chi connectivity index (χ4n) is 3.81. The molecule has 12 nitrogen and oxygen atoms in total. The van der Waals surface area contributed by atoms with Gasteiger partial charge in [-0.15, -0.1) is 0 Å². The van der Waals surface area contributed by atoms with E-state index in [9.17, 15) is 19.2 Å². The Hall–Kier alpha value is -4.52. The molecular weight excluding hydrogens is 594 g/mol. The molecule has 1 aliphatic heterocycles. The molecule has 1 aromatic heterocycles. The summed E-state index contributed by atoms with van der Waals surface area (Å²) >= 11 is 3.43. The molecule has 13 heteroatoms. The number of benzene rings is 2. The van der Waals surface area contributed by atoms with E-state index in [-0.39, 0.29) is 18.3 Å². The number of ether oxygens (including phenoxy) is 1. The number of carbonyl (C=O) groups is 4. The Morgan fingerprint density at radius 2 is 1.85 bits per heavy atom. The van der Waals surface area contributed by atoms with Gasteiger partial charge in [0.25, 0.3) is 5.91 Å². The first-order valence-corrected chi connectivity index (χ1v) is 13.7. The molecular formula is C28H30BrN7O5. The molecule has 6 N–H and O–H groups in total. The largest absolute Gasteiger partial charge is 0.426 e. The smallest absolute Gasteiger partial charge is 0.311 e. The van der Waals surface area contributed by atoms with E-state index in [0.29, 0.717) is 64.9 Å². The monoisotopic (exact) mass is 623 g/mol. The number of nitrogens with one attached hydrogen (secondary N) is 4. The standard InChI is InChI=1S/C28H30BrN7O5/c1-28(2,25(30)39)26(40)32-12-4-11-31-23-20(29)15-33-27(36-23)35-19-6-3-5-18(14-19)34-24(38)17-7-9-21-16(13-17)8-10-22(37)41-21/h3,5-7,9,13-15H,4,8,10-12H2,1-2H3,(H2,30,39)(H,32,40)(H,34,38)(H2,31,33,35,36). The maximum absolute atomic E-state index is 12.9. The van der Waals surface area contributed by atoms with Gasteiger partial charge in [-0.05, 0) is 84.6 Å². The minimum Gasteiger partial charge on any atom is -0.426 e. The third kappa shape index (κ3) is 7.57. The first kappa shape index (κ1) is 29.5. The van der Waals surface area contributed by atoms with Gasteiger partial charge in [0.1, 0.15) is 17.0 Å². The lowest BCUT2D eigenvalue weighted by molar-refractivity contribution is -0.139. The molecule has 0 saturated carbocycles. The van der Waals surface area contributed by atoms with Crippen molar-refractivity contribution in [1.82, 2.24) is 15.3 Å². The second-order valence-electron chi connectivity index (χ2n) is 9.87. The molecule has 0 fully saturated rings. The summed E-state index contributed by atoms with van der Waals surface area (Å²) < 4.78 is 5.86. The first-order valence-electron chi connectivity index (χ1n) is 12.9. The van der Waals surface area contributed by atoms with E-state index in [4.69, 9.17) is 10.5 Å². The number of rotatable bonds is 11. The summed E-state index contributed by atoms with van der Waals surface area (Å²) in [6.07, 6.45) is 3.01. The molecule has 0 saturated heterocycles. The molecule has 0 aliphatic carbocycles. The summed E-state index contributed by atoms with van der Waals surface area (Å²) in [5, 5.41) is 11.9. The number of halogens is 1. The number of fused-ring (bicyclic) bond motifs is 1. The number of aromatic nitrogens is 2. The minimum atomic E-state index is -1.27. The number of anilines is 4. The highest BCUT2D eigenvalue weighted by Crippen LogP contribution is 2.27. The van der Waals surface area contributed by atoms with Gasteiger partial charge in [0.05, 0.1) is 10.9 Å². The summed E-state index contributed by atoms with van der Waals surface area (Å²) in [5.41, 5.74) is 6.51. The summed E-state index contributed by atoms with van der Waals surface area (Å²) in [6, 6.07) is 12.1. The highest BCUT2D eigenvalue weighted by atomic mass is 79.9. The van der Waals surface area contributed by atoms with Crippen molar-refractivity contribution in [2.24, 2.45) is 11.1 Å². The molecule has 0 radical (unpaired) electrons. The van der Waals surface area contributed by atoms with Gasteiger partial charge in [0, 0.05) is 36.2 Å². The number of esters is 1. The molecule has 3 aromatic rings. The van der Waals surface area contributed by atoms with E-state index < -0.39 is 17.2 Å². The molecule has 214 valence electrons. The van der Waals surface area contributed by atoms with Gasteiger partial charge in [-0.1, -0.05) is 6.07 Å². The van der Waals surface area contributed by atoms with E-state index in [2.05, 4.69) is 47.2 Å². The highest BCUT2D eigenvalue weighted by Gasteiger charge is 2.33. The molecule has 3 amide bonds. The molecule has 41 heavy (non-hydrogen) atoms. The average Bonchev–Trinajstić information content (AvgIpc) is 2.94. The number of nitrogens with zero attached hydrogens (tertiary/aromatic N) is 2. The van der Waals surface area contributed by atoms with E-state index in [1.165, 1.54) is 13.8 Å². The van der Waals surface area contributed by atoms with Gasteiger partial charge in [0.2, 0.25) is 17.8 Å². The van der Waals surface area contributed by atoms with Crippen LogP contribution >= 0.6 is 15.9 Å². The molecule has 4 rings (SSSR count). The van der Waals surface area contributed by atoms with E-state index in [1.54, 1.807) is 42.6 Å². The molecule has 2 heterocycles. The highest BCUT2D eigenvalue weighted by molar-refractivity contribution is 9.10. The van der Waals surface area contributed by atoms with Crippen molar-refractivity contribution in [3.05, 3.63) is 64.3 Å². The van der Waals surface area contributed by atoms with Gasteiger partial charge < -0.3 is 31.7 Å². The maximum atomic E-state index is 12.9. The summed E-state index contributed by atoms with van der Waals surface area (Å²) in [6.45, 7) is 3.82. The minimum absolute atomic E-state index is 0.274. The van der Waals surface area contributed by atoms with Crippen LogP contribution < -0.4 is 31.7 Å². The van der Waals surface area contributed by atoms with Crippen LogP contribution in [0.15, 0.2) is 53.1 Å². The van der Waals surface area contributed by atoms with Crippen molar-refractivity contribution in [3.63, 3.8) is 0 Å². The Morgan fingerprint density at radius 1 is 1.07 bits per heavy atom. The van der Waals surface area contributed by atoms with Crippen molar-refractivity contribution in [1.29, 1.82) is 0 Å². The predicted molar refractivity (Wildman–Crippen MR) is 157 cm³/mol. The zero-order valence-electron chi connectivity index (χ0n) is 22.5. The third-order valence-corrected chi connectivity index (χ3v) is 6.96. The van der Waals surface area contributed by atoms with Crippen molar-refractivity contribution in [3.8, 4) is 5.75 Å².